The molecule has 0 spiro atoms. The van der Waals surface area contributed by atoms with Crippen LogP contribution in [0.4, 0.5) is 14.9 Å². The van der Waals surface area contributed by atoms with Crippen molar-refractivity contribution >= 4 is 17.7 Å². The standard InChI is InChI=1S/C12H15FN2O3/c1-3-9(11(16)17)14-12(18)15-10-6-4-5-8(13)7(10)2/h4-6,9H,3H2,1-2H3,(H,16,17)(H2,14,15,18)/t9-/m0/s1. The Morgan fingerprint density at radius 3 is 2.67 bits per heavy atom. The quantitative estimate of drug-likeness (QED) is 0.770. The minimum Gasteiger partial charge on any atom is -0.480 e. The van der Waals surface area contributed by atoms with Crippen LogP contribution in [0.25, 0.3) is 0 Å². The minimum absolute atomic E-state index is 0.269. The second-order valence-electron chi connectivity index (χ2n) is 3.81. The Labute approximate surface area is 104 Å². The largest absolute Gasteiger partial charge is 0.480 e. The number of nitrogens with one attached hydrogen (secondary N) is 2. The summed E-state index contributed by atoms with van der Waals surface area (Å²) in [5.74, 6) is -1.54. The normalized spacial score (nSPS) is 11.7. The Morgan fingerprint density at radius 1 is 1.44 bits per heavy atom. The van der Waals surface area contributed by atoms with Crippen LogP contribution in [-0.2, 0) is 4.79 Å². The zero-order chi connectivity index (χ0) is 13.7. The lowest BCUT2D eigenvalue weighted by Gasteiger charge is -2.14. The van der Waals surface area contributed by atoms with Crippen molar-refractivity contribution < 1.29 is 19.1 Å². The molecule has 5 nitrogen and oxygen atoms in total. The Hall–Kier alpha value is -2.11. The first-order valence-corrected chi connectivity index (χ1v) is 5.51. The van der Waals surface area contributed by atoms with Crippen LogP contribution < -0.4 is 10.6 Å². The van der Waals surface area contributed by atoms with Crippen molar-refractivity contribution in [3.8, 4) is 0 Å². The Morgan fingerprint density at radius 2 is 2.11 bits per heavy atom. The summed E-state index contributed by atoms with van der Waals surface area (Å²) in [6.07, 6.45) is 0.269. The van der Waals surface area contributed by atoms with Crippen molar-refractivity contribution in [3.05, 3.63) is 29.6 Å². The van der Waals surface area contributed by atoms with Crippen molar-refractivity contribution in [1.29, 1.82) is 0 Å². The van der Waals surface area contributed by atoms with Gasteiger partial charge in [-0.3, -0.25) is 0 Å². The molecule has 0 aliphatic heterocycles. The molecule has 0 aliphatic rings. The van der Waals surface area contributed by atoms with Gasteiger partial charge in [0.15, 0.2) is 0 Å². The van der Waals surface area contributed by atoms with Crippen LogP contribution in [0.1, 0.15) is 18.9 Å². The number of carbonyl (C=O) groups excluding carboxylic acids is 1. The van der Waals surface area contributed by atoms with Crippen molar-refractivity contribution in [1.82, 2.24) is 5.32 Å². The van der Waals surface area contributed by atoms with E-state index in [1.165, 1.54) is 19.1 Å². The van der Waals surface area contributed by atoms with Gasteiger partial charge in [-0.05, 0) is 25.5 Å². The first kappa shape index (κ1) is 14.0. The minimum atomic E-state index is -1.11. The highest BCUT2D eigenvalue weighted by molar-refractivity contribution is 5.92. The molecule has 18 heavy (non-hydrogen) atoms. The monoisotopic (exact) mass is 254 g/mol. The molecule has 0 saturated heterocycles. The lowest BCUT2D eigenvalue weighted by Crippen LogP contribution is -2.42. The molecule has 0 bridgehead atoms. The van der Waals surface area contributed by atoms with E-state index in [0.29, 0.717) is 11.3 Å². The van der Waals surface area contributed by atoms with Crippen molar-refractivity contribution in [2.75, 3.05) is 5.32 Å². The Balaban J connectivity index is 2.70. The molecule has 0 unspecified atom stereocenters. The fourth-order valence-corrected chi connectivity index (χ4v) is 1.40. The van der Waals surface area contributed by atoms with Crippen LogP contribution in [0.3, 0.4) is 0 Å². The summed E-state index contributed by atoms with van der Waals surface area (Å²) < 4.78 is 13.2. The average molecular weight is 254 g/mol. The number of amides is 2. The van der Waals surface area contributed by atoms with Gasteiger partial charge in [-0.15, -0.1) is 0 Å². The highest BCUT2D eigenvalue weighted by Gasteiger charge is 2.17. The average Bonchev–Trinajstić information content (AvgIpc) is 2.31. The number of halogens is 1. The zero-order valence-corrected chi connectivity index (χ0v) is 10.2. The number of aliphatic carboxylic acids is 1. The molecule has 2 amide bonds. The van der Waals surface area contributed by atoms with Gasteiger partial charge in [-0.25, -0.2) is 14.0 Å². The molecule has 0 heterocycles. The van der Waals surface area contributed by atoms with E-state index in [2.05, 4.69) is 10.6 Å². The van der Waals surface area contributed by atoms with E-state index in [4.69, 9.17) is 5.11 Å². The third-order valence-corrected chi connectivity index (χ3v) is 2.53. The number of anilines is 1. The van der Waals surface area contributed by atoms with Crippen LogP contribution in [0.15, 0.2) is 18.2 Å². The molecule has 1 atom stereocenters. The Kier molecular flexibility index (Phi) is 4.65. The fourth-order valence-electron chi connectivity index (χ4n) is 1.40. The smallest absolute Gasteiger partial charge is 0.326 e. The molecule has 98 valence electrons. The molecule has 1 aromatic rings. The topological polar surface area (TPSA) is 78.4 Å². The number of carboxylic acids is 1. The summed E-state index contributed by atoms with van der Waals surface area (Å²) in [4.78, 5) is 22.3. The maximum absolute atomic E-state index is 13.2. The van der Waals surface area contributed by atoms with Gasteiger partial charge in [-0.2, -0.15) is 0 Å². The summed E-state index contributed by atoms with van der Waals surface area (Å²) in [5.41, 5.74) is 0.615. The summed E-state index contributed by atoms with van der Waals surface area (Å²) in [7, 11) is 0. The SMILES string of the molecule is CC[C@H](NC(=O)Nc1cccc(F)c1C)C(=O)O. The molecule has 3 N–H and O–H groups in total. The first-order chi connectivity index (χ1) is 8.45. The molecule has 0 aromatic heterocycles. The number of hydrogen-bond acceptors (Lipinski definition) is 2. The van der Waals surface area contributed by atoms with E-state index >= 15 is 0 Å². The van der Waals surface area contributed by atoms with Gasteiger partial charge in [0.05, 0.1) is 0 Å². The molecule has 0 radical (unpaired) electrons. The van der Waals surface area contributed by atoms with Crippen LogP contribution in [-0.4, -0.2) is 23.1 Å². The summed E-state index contributed by atoms with van der Waals surface area (Å²) in [6.45, 7) is 3.17. The predicted octanol–water partition coefficient (Wildman–Crippen LogP) is 2.12. The van der Waals surface area contributed by atoms with E-state index in [-0.39, 0.29) is 6.42 Å². The molecule has 0 aliphatic carbocycles. The number of carbonyl (C=O) groups is 2. The molecular formula is C12H15FN2O3. The van der Waals surface area contributed by atoms with Crippen LogP contribution in [0.5, 0.6) is 0 Å². The predicted molar refractivity (Wildman–Crippen MR) is 65.0 cm³/mol. The number of carboxylic acid groups (broad SMARTS) is 1. The summed E-state index contributed by atoms with van der Waals surface area (Å²) >= 11 is 0. The third kappa shape index (κ3) is 3.44. The summed E-state index contributed by atoms with van der Waals surface area (Å²) in [6, 6.07) is 2.66. The van der Waals surface area contributed by atoms with E-state index < -0.39 is 23.9 Å². The highest BCUT2D eigenvalue weighted by atomic mass is 19.1. The molecule has 0 saturated carbocycles. The lowest BCUT2D eigenvalue weighted by molar-refractivity contribution is -0.139. The zero-order valence-electron chi connectivity index (χ0n) is 10.2. The van der Waals surface area contributed by atoms with Crippen molar-refractivity contribution in [3.63, 3.8) is 0 Å². The van der Waals surface area contributed by atoms with Crippen molar-refractivity contribution in [2.45, 2.75) is 26.3 Å². The van der Waals surface area contributed by atoms with Crippen LogP contribution in [0, 0.1) is 12.7 Å². The van der Waals surface area contributed by atoms with E-state index in [1.807, 2.05) is 0 Å². The van der Waals surface area contributed by atoms with Crippen LogP contribution >= 0.6 is 0 Å². The van der Waals surface area contributed by atoms with Crippen LogP contribution in [0.2, 0.25) is 0 Å². The highest BCUT2D eigenvalue weighted by Crippen LogP contribution is 2.17. The second kappa shape index (κ2) is 6.00. The number of hydrogen-bond donors (Lipinski definition) is 3. The molecule has 0 fully saturated rings. The molecule has 1 aromatic carbocycles. The number of urea groups is 1. The van der Waals surface area contributed by atoms with Gasteiger partial charge < -0.3 is 15.7 Å². The second-order valence-corrected chi connectivity index (χ2v) is 3.81. The van der Waals surface area contributed by atoms with E-state index in [9.17, 15) is 14.0 Å². The number of rotatable bonds is 4. The Bertz CT molecular complexity index is 463. The molecule has 1 rings (SSSR count). The maximum Gasteiger partial charge on any atom is 0.326 e. The van der Waals surface area contributed by atoms with Gasteiger partial charge in [0.1, 0.15) is 11.9 Å². The van der Waals surface area contributed by atoms with Crippen molar-refractivity contribution in [2.24, 2.45) is 0 Å². The summed E-state index contributed by atoms with van der Waals surface area (Å²) in [5, 5.41) is 13.5. The lowest BCUT2D eigenvalue weighted by atomic mass is 10.2. The van der Waals surface area contributed by atoms with Gasteiger partial charge in [0.2, 0.25) is 0 Å². The van der Waals surface area contributed by atoms with Gasteiger partial charge in [0, 0.05) is 11.3 Å². The maximum atomic E-state index is 13.2. The first-order valence-electron chi connectivity index (χ1n) is 5.51. The van der Waals surface area contributed by atoms with E-state index in [1.54, 1.807) is 13.0 Å². The third-order valence-electron chi connectivity index (χ3n) is 2.53. The molecular weight excluding hydrogens is 239 g/mol. The van der Waals surface area contributed by atoms with Gasteiger partial charge in [0.25, 0.3) is 0 Å². The van der Waals surface area contributed by atoms with Gasteiger partial charge >= 0.3 is 12.0 Å². The van der Waals surface area contributed by atoms with E-state index in [0.717, 1.165) is 0 Å². The van der Waals surface area contributed by atoms with Gasteiger partial charge in [-0.1, -0.05) is 13.0 Å². The fraction of sp³-hybridized carbons (Fsp3) is 0.333. The number of benzene rings is 1. The molecule has 6 heteroatoms.